The predicted molar refractivity (Wildman–Crippen MR) is 113 cm³/mol. The van der Waals surface area contributed by atoms with E-state index in [1.54, 1.807) is 0 Å². The van der Waals surface area contributed by atoms with Gasteiger partial charge < -0.3 is 10.1 Å². The average molecular weight is 413 g/mol. The van der Waals surface area contributed by atoms with E-state index in [9.17, 15) is 9.59 Å². The first-order chi connectivity index (χ1) is 13.9. The summed E-state index contributed by atoms with van der Waals surface area (Å²) in [5, 5.41) is 8.22. The molecule has 1 fully saturated rings. The van der Waals surface area contributed by atoms with Gasteiger partial charge in [-0.05, 0) is 39.2 Å². The molecule has 8 heteroatoms. The molecule has 0 saturated carbocycles. The van der Waals surface area contributed by atoms with Crippen LogP contribution in [0.2, 0.25) is 0 Å². The monoisotopic (exact) mass is 412 g/mol. The summed E-state index contributed by atoms with van der Waals surface area (Å²) in [5.41, 5.74) is 3.88. The third kappa shape index (κ3) is 4.09. The van der Waals surface area contributed by atoms with Gasteiger partial charge in [0.2, 0.25) is 5.91 Å². The fourth-order valence-corrected chi connectivity index (χ4v) is 4.56. The zero-order chi connectivity index (χ0) is 20.5. The van der Waals surface area contributed by atoms with Crippen LogP contribution in [0, 0.1) is 20.8 Å². The number of amides is 1. The molecule has 152 valence electrons. The first kappa shape index (κ1) is 19.7. The lowest BCUT2D eigenvalue weighted by Crippen LogP contribution is -2.37. The summed E-state index contributed by atoms with van der Waals surface area (Å²) < 4.78 is 7.51. The van der Waals surface area contributed by atoms with Crippen LogP contribution in [0.5, 0.6) is 0 Å². The van der Waals surface area contributed by atoms with Crippen LogP contribution in [0.15, 0.2) is 23.0 Å². The molecule has 1 atom stereocenters. The Labute approximate surface area is 172 Å². The highest BCUT2D eigenvalue weighted by Gasteiger charge is 2.20. The van der Waals surface area contributed by atoms with Crippen LogP contribution in [0.1, 0.15) is 29.0 Å². The number of aryl methyl sites for hydroxylation is 3. The number of rotatable bonds is 5. The van der Waals surface area contributed by atoms with Crippen LogP contribution in [0.3, 0.4) is 0 Å². The molecule has 0 bridgehead atoms. The third-order valence-electron chi connectivity index (χ3n) is 5.09. The van der Waals surface area contributed by atoms with Crippen molar-refractivity contribution >= 4 is 27.5 Å². The number of hydrogen-bond donors (Lipinski definition) is 1. The lowest BCUT2D eigenvalue weighted by atomic mass is 10.0. The van der Waals surface area contributed by atoms with Crippen molar-refractivity contribution in [1.29, 1.82) is 0 Å². The largest absolute Gasteiger partial charge is 0.376 e. The summed E-state index contributed by atoms with van der Waals surface area (Å²) in [6.45, 7) is 6.98. The Kier molecular flexibility index (Phi) is 5.47. The van der Waals surface area contributed by atoms with Crippen molar-refractivity contribution in [2.45, 2.75) is 46.3 Å². The van der Waals surface area contributed by atoms with E-state index in [0.29, 0.717) is 17.8 Å². The van der Waals surface area contributed by atoms with Gasteiger partial charge in [-0.25, -0.2) is 9.67 Å². The Hall–Kier alpha value is -2.58. The molecule has 29 heavy (non-hydrogen) atoms. The number of carbonyl (C=O) groups is 1. The summed E-state index contributed by atoms with van der Waals surface area (Å²) in [6, 6.07) is 6.11. The quantitative estimate of drug-likeness (QED) is 0.696. The molecule has 0 spiro atoms. The van der Waals surface area contributed by atoms with Crippen LogP contribution in [0.25, 0.3) is 21.5 Å². The SMILES string of the molecule is Cc1ccc(-c2nn(CC(=O)NCC3CCCO3)c(=O)c3nc(C)sc23)c(C)c1. The maximum absolute atomic E-state index is 12.9. The number of carbonyl (C=O) groups excluding carboxylic acids is 1. The van der Waals surface area contributed by atoms with Crippen LogP contribution >= 0.6 is 11.3 Å². The van der Waals surface area contributed by atoms with E-state index in [-0.39, 0.29) is 24.1 Å². The fraction of sp³-hybridized carbons (Fsp3) is 0.429. The van der Waals surface area contributed by atoms with Crippen molar-refractivity contribution in [2.24, 2.45) is 0 Å². The average Bonchev–Trinajstić information content (AvgIpc) is 3.32. The summed E-state index contributed by atoms with van der Waals surface area (Å²) in [5.74, 6) is -0.257. The Morgan fingerprint density at radius 3 is 2.90 bits per heavy atom. The zero-order valence-electron chi connectivity index (χ0n) is 16.8. The Balaban J connectivity index is 1.69. The molecule has 0 radical (unpaired) electrons. The van der Waals surface area contributed by atoms with Crippen LogP contribution in [0.4, 0.5) is 0 Å². The smallest absolute Gasteiger partial charge is 0.294 e. The highest BCUT2D eigenvalue weighted by molar-refractivity contribution is 7.19. The van der Waals surface area contributed by atoms with Gasteiger partial charge in [-0.2, -0.15) is 5.10 Å². The van der Waals surface area contributed by atoms with Gasteiger partial charge in [-0.1, -0.05) is 23.8 Å². The van der Waals surface area contributed by atoms with Gasteiger partial charge in [0, 0.05) is 18.7 Å². The number of fused-ring (bicyclic) bond motifs is 1. The molecule has 0 aliphatic carbocycles. The van der Waals surface area contributed by atoms with E-state index in [2.05, 4.69) is 21.5 Å². The first-order valence-electron chi connectivity index (χ1n) is 9.76. The standard InChI is InChI=1S/C21H24N4O3S/c1-12-6-7-16(13(2)9-12)18-20-19(23-14(3)29-20)21(27)25(24-18)11-17(26)22-10-15-5-4-8-28-15/h6-7,9,15H,4-5,8,10-11H2,1-3H3,(H,22,26). The fourth-order valence-electron chi connectivity index (χ4n) is 3.65. The second kappa shape index (κ2) is 8.04. The van der Waals surface area contributed by atoms with Crippen LogP contribution < -0.4 is 10.9 Å². The second-order valence-corrected chi connectivity index (χ2v) is 8.68. The van der Waals surface area contributed by atoms with E-state index in [1.165, 1.54) is 16.0 Å². The van der Waals surface area contributed by atoms with Gasteiger partial charge in [0.15, 0.2) is 5.52 Å². The molecule has 1 aliphatic heterocycles. The molecule has 3 heterocycles. The van der Waals surface area contributed by atoms with Crippen LogP contribution in [-0.2, 0) is 16.1 Å². The van der Waals surface area contributed by atoms with Crippen LogP contribution in [-0.4, -0.2) is 39.9 Å². The molecule has 1 N–H and O–H groups in total. The number of hydrogen-bond acceptors (Lipinski definition) is 6. The summed E-state index contributed by atoms with van der Waals surface area (Å²) in [6.07, 6.45) is 2.01. The molecule has 4 rings (SSSR count). The number of nitrogens with one attached hydrogen (secondary N) is 1. The number of nitrogens with zero attached hydrogens (tertiary/aromatic N) is 3. The molecule has 2 aromatic heterocycles. The zero-order valence-corrected chi connectivity index (χ0v) is 17.6. The topological polar surface area (TPSA) is 86.1 Å². The minimum atomic E-state index is -0.342. The Morgan fingerprint density at radius 2 is 2.17 bits per heavy atom. The molecular formula is C21H24N4O3S. The van der Waals surface area contributed by atoms with E-state index in [1.807, 2.05) is 32.9 Å². The maximum Gasteiger partial charge on any atom is 0.294 e. The van der Waals surface area contributed by atoms with Gasteiger partial charge in [0.05, 0.1) is 15.8 Å². The van der Waals surface area contributed by atoms with Gasteiger partial charge >= 0.3 is 0 Å². The van der Waals surface area contributed by atoms with Gasteiger partial charge in [0.25, 0.3) is 5.56 Å². The van der Waals surface area contributed by atoms with Crippen molar-refractivity contribution in [3.63, 3.8) is 0 Å². The van der Waals surface area contributed by atoms with Gasteiger partial charge in [0.1, 0.15) is 12.2 Å². The van der Waals surface area contributed by atoms with Crippen molar-refractivity contribution in [2.75, 3.05) is 13.2 Å². The van der Waals surface area contributed by atoms with E-state index >= 15 is 0 Å². The molecule has 1 unspecified atom stereocenters. The third-order valence-corrected chi connectivity index (χ3v) is 6.07. The second-order valence-electron chi connectivity index (χ2n) is 7.48. The highest BCUT2D eigenvalue weighted by atomic mass is 32.1. The number of benzene rings is 1. The summed E-state index contributed by atoms with van der Waals surface area (Å²) in [4.78, 5) is 29.8. The van der Waals surface area contributed by atoms with Crippen molar-refractivity contribution < 1.29 is 9.53 Å². The van der Waals surface area contributed by atoms with E-state index in [0.717, 1.165) is 45.8 Å². The van der Waals surface area contributed by atoms with Gasteiger partial charge in [-0.15, -0.1) is 11.3 Å². The normalized spacial score (nSPS) is 16.4. The highest BCUT2D eigenvalue weighted by Crippen LogP contribution is 2.31. The molecule has 3 aromatic rings. The van der Waals surface area contributed by atoms with E-state index in [4.69, 9.17) is 4.74 Å². The lowest BCUT2D eigenvalue weighted by molar-refractivity contribution is -0.122. The minimum absolute atomic E-state index is 0.0538. The minimum Gasteiger partial charge on any atom is -0.376 e. The van der Waals surface area contributed by atoms with Crippen molar-refractivity contribution in [3.05, 3.63) is 44.7 Å². The molecule has 1 aliphatic rings. The summed E-state index contributed by atoms with van der Waals surface area (Å²) in [7, 11) is 0. The van der Waals surface area contributed by atoms with Gasteiger partial charge in [-0.3, -0.25) is 9.59 Å². The number of aromatic nitrogens is 3. The Morgan fingerprint density at radius 1 is 1.34 bits per heavy atom. The van der Waals surface area contributed by atoms with E-state index < -0.39 is 0 Å². The maximum atomic E-state index is 12.9. The molecular weight excluding hydrogens is 388 g/mol. The van der Waals surface area contributed by atoms with Crippen molar-refractivity contribution in [1.82, 2.24) is 20.1 Å². The molecule has 1 saturated heterocycles. The predicted octanol–water partition coefficient (Wildman–Crippen LogP) is 2.74. The number of ether oxygens (including phenoxy) is 1. The summed E-state index contributed by atoms with van der Waals surface area (Å²) >= 11 is 1.45. The Bertz CT molecular complexity index is 1130. The molecule has 7 nitrogen and oxygen atoms in total. The molecule has 1 amide bonds. The first-order valence-corrected chi connectivity index (χ1v) is 10.6. The molecule has 1 aromatic carbocycles. The van der Waals surface area contributed by atoms with Crippen molar-refractivity contribution in [3.8, 4) is 11.3 Å². The lowest BCUT2D eigenvalue weighted by Gasteiger charge is -2.13. The number of thiazole rings is 1.